The minimum absolute atomic E-state index is 0.0769. The smallest absolute Gasteiger partial charge is 0.238 e. The summed E-state index contributed by atoms with van der Waals surface area (Å²) in [6.07, 6.45) is 0. The van der Waals surface area contributed by atoms with Gasteiger partial charge in [0.05, 0.1) is 17.5 Å². The fourth-order valence-electron chi connectivity index (χ4n) is 2.04. The quantitative estimate of drug-likeness (QED) is 0.856. The van der Waals surface area contributed by atoms with Crippen LogP contribution in [0.1, 0.15) is 11.6 Å². The maximum atomic E-state index is 11.4. The molecule has 0 aliphatic carbocycles. The standard InChI is InChI=1S/C15H18N2O3S/c1-20-11-15(12-6-3-2-4-7-12)17-13-8-5-9-14(10-13)21(16,18)19/h2-10,15,17H,11H2,1H3,(H2,16,18,19). The van der Waals surface area contributed by atoms with Crippen LogP contribution in [0.25, 0.3) is 0 Å². The van der Waals surface area contributed by atoms with Crippen molar-refractivity contribution in [2.45, 2.75) is 10.9 Å². The van der Waals surface area contributed by atoms with Gasteiger partial charge in [-0.25, -0.2) is 13.6 Å². The number of sulfonamides is 1. The molecular weight excluding hydrogens is 288 g/mol. The van der Waals surface area contributed by atoms with E-state index in [1.54, 1.807) is 19.2 Å². The molecule has 0 bridgehead atoms. The lowest BCUT2D eigenvalue weighted by atomic mass is 10.1. The van der Waals surface area contributed by atoms with Crippen LogP contribution in [0.3, 0.4) is 0 Å². The Bertz CT molecular complexity index is 687. The predicted molar refractivity (Wildman–Crippen MR) is 82.5 cm³/mol. The zero-order chi connectivity index (χ0) is 15.3. The van der Waals surface area contributed by atoms with Gasteiger partial charge in [-0.3, -0.25) is 0 Å². The van der Waals surface area contributed by atoms with Gasteiger partial charge in [0.1, 0.15) is 0 Å². The van der Waals surface area contributed by atoms with Gasteiger partial charge in [0, 0.05) is 12.8 Å². The molecule has 2 aromatic rings. The first kappa shape index (κ1) is 15.5. The lowest BCUT2D eigenvalue weighted by Gasteiger charge is -2.20. The normalized spacial score (nSPS) is 12.9. The second-order valence-corrected chi connectivity index (χ2v) is 6.20. The van der Waals surface area contributed by atoms with Crippen molar-refractivity contribution in [3.8, 4) is 0 Å². The Balaban J connectivity index is 2.26. The summed E-state index contributed by atoms with van der Waals surface area (Å²) in [4.78, 5) is 0.0803. The molecule has 0 heterocycles. The molecule has 1 unspecified atom stereocenters. The molecule has 5 nitrogen and oxygen atoms in total. The number of hydrogen-bond donors (Lipinski definition) is 2. The molecule has 0 aliphatic heterocycles. The predicted octanol–water partition coefficient (Wildman–Crippen LogP) is 2.13. The molecule has 0 amide bonds. The first-order chi connectivity index (χ1) is 10.0. The van der Waals surface area contributed by atoms with E-state index < -0.39 is 10.0 Å². The first-order valence-electron chi connectivity index (χ1n) is 6.44. The Kier molecular flexibility index (Phi) is 4.95. The molecule has 0 saturated carbocycles. The van der Waals surface area contributed by atoms with Crippen molar-refractivity contribution in [1.29, 1.82) is 0 Å². The molecule has 2 rings (SSSR count). The Morgan fingerprint density at radius 1 is 1.14 bits per heavy atom. The Hall–Kier alpha value is -1.89. The third-order valence-corrected chi connectivity index (χ3v) is 3.95. The highest BCUT2D eigenvalue weighted by Crippen LogP contribution is 2.21. The fourth-order valence-corrected chi connectivity index (χ4v) is 2.60. The van der Waals surface area contributed by atoms with Crippen molar-refractivity contribution in [2.75, 3.05) is 19.0 Å². The van der Waals surface area contributed by atoms with Crippen LogP contribution in [0.2, 0.25) is 0 Å². The Labute approximate surface area is 124 Å². The van der Waals surface area contributed by atoms with Crippen LogP contribution >= 0.6 is 0 Å². The third kappa shape index (κ3) is 4.29. The molecule has 0 fully saturated rings. The van der Waals surface area contributed by atoms with Crippen molar-refractivity contribution < 1.29 is 13.2 Å². The van der Waals surface area contributed by atoms with E-state index in [9.17, 15) is 8.42 Å². The summed E-state index contributed by atoms with van der Waals surface area (Å²) in [5.74, 6) is 0. The molecule has 0 aliphatic rings. The third-order valence-electron chi connectivity index (χ3n) is 3.04. The largest absolute Gasteiger partial charge is 0.382 e. The minimum atomic E-state index is -3.71. The Morgan fingerprint density at radius 3 is 2.48 bits per heavy atom. The monoisotopic (exact) mass is 306 g/mol. The average molecular weight is 306 g/mol. The number of rotatable bonds is 6. The maximum absolute atomic E-state index is 11.4. The molecule has 2 aromatic carbocycles. The SMILES string of the molecule is COCC(Nc1cccc(S(N)(=O)=O)c1)c1ccccc1. The molecule has 0 aromatic heterocycles. The van der Waals surface area contributed by atoms with E-state index in [1.165, 1.54) is 12.1 Å². The molecule has 6 heteroatoms. The van der Waals surface area contributed by atoms with Gasteiger partial charge in [-0.05, 0) is 23.8 Å². The maximum Gasteiger partial charge on any atom is 0.238 e. The zero-order valence-corrected chi connectivity index (χ0v) is 12.5. The number of nitrogens with one attached hydrogen (secondary N) is 1. The molecule has 1 atom stereocenters. The van der Waals surface area contributed by atoms with E-state index in [2.05, 4.69) is 5.32 Å². The zero-order valence-electron chi connectivity index (χ0n) is 11.7. The average Bonchev–Trinajstić information content (AvgIpc) is 2.47. The number of benzene rings is 2. The highest BCUT2D eigenvalue weighted by atomic mass is 32.2. The van der Waals surface area contributed by atoms with Gasteiger partial charge in [-0.1, -0.05) is 36.4 Å². The second kappa shape index (κ2) is 6.71. The van der Waals surface area contributed by atoms with Crippen LogP contribution in [0.15, 0.2) is 59.5 Å². The molecule has 21 heavy (non-hydrogen) atoms. The number of nitrogens with two attached hydrogens (primary N) is 1. The number of anilines is 1. The lowest BCUT2D eigenvalue weighted by molar-refractivity contribution is 0.186. The molecule has 112 valence electrons. The van der Waals surface area contributed by atoms with E-state index in [0.717, 1.165) is 5.56 Å². The molecule has 0 radical (unpaired) electrons. The van der Waals surface area contributed by atoms with Crippen LogP contribution in [0, 0.1) is 0 Å². The summed E-state index contributed by atoms with van der Waals surface area (Å²) in [6.45, 7) is 0.462. The van der Waals surface area contributed by atoms with Crippen LogP contribution in [-0.2, 0) is 14.8 Å². The van der Waals surface area contributed by atoms with Crippen molar-refractivity contribution in [3.05, 3.63) is 60.2 Å². The summed E-state index contributed by atoms with van der Waals surface area (Å²) in [6, 6.07) is 16.1. The number of ether oxygens (including phenoxy) is 1. The second-order valence-electron chi connectivity index (χ2n) is 4.64. The minimum Gasteiger partial charge on any atom is -0.382 e. The van der Waals surface area contributed by atoms with Gasteiger partial charge in [0.15, 0.2) is 0 Å². The van der Waals surface area contributed by atoms with Crippen LogP contribution in [0.5, 0.6) is 0 Å². The van der Waals surface area contributed by atoms with Gasteiger partial charge in [0.2, 0.25) is 10.0 Å². The van der Waals surface area contributed by atoms with Gasteiger partial charge in [-0.2, -0.15) is 0 Å². The molecular formula is C15H18N2O3S. The fraction of sp³-hybridized carbons (Fsp3) is 0.200. The lowest BCUT2D eigenvalue weighted by Crippen LogP contribution is -2.17. The molecule has 3 N–H and O–H groups in total. The highest BCUT2D eigenvalue weighted by molar-refractivity contribution is 7.89. The van der Waals surface area contributed by atoms with Crippen molar-refractivity contribution >= 4 is 15.7 Å². The summed E-state index contributed by atoms with van der Waals surface area (Å²) >= 11 is 0. The molecule has 0 saturated heterocycles. The van der Waals surface area contributed by atoms with E-state index in [0.29, 0.717) is 12.3 Å². The number of methoxy groups -OCH3 is 1. The first-order valence-corrected chi connectivity index (χ1v) is 7.98. The van der Waals surface area contributed by atoms with E-state index in [4.69, 9.17) is 9.88 Å². The number of primary sulfonamides is 1. The summed E-state index contributed by atoms with van der Waals surface area (Å²) in [5, 5.41) is 8.41. The van der Waals surface area contributed by atoms with Crippen molar-refractivity contribution in [1.82, 2.24) is 0 Å². The van der Waals surface area contributed by atoms with Gasteiger partial charge in [-0.15, -0.1) is 0 Å². The highest BCUT2D eigenvalue weighted by Gasteiger charge is 2.13. The van der Waals surface area contributed by atoms with Gasteiger partial charge < -0.3 is 10.1 Å². The van der Waals surface area contributed by atoms with E-state index in [1.807, 2.05) is 30.3 Å². The van der Waals surface area contributed by atoms with E-state index in [-0.39, 0.29) is 10.9 Å². The van der Waals surface area contributed by atoms with Crippen LogP contribution in [0.4, 0.5) is 5.69 Å². The van der Waals surface area contributed by atoms with Crippen LogP contribution < -0.4 is 10.5 Å². The Morgan fingerprint density at radius 2 is 1.86 bits per heavy atom. The van der Waals surface area contributed by atoms with Gasteiger partial charge >= 0.3 is 0 Å². The topological polar surface area (TPSA) is 81.4 Å². The summed E-state index contributed by atoms with van der Waals surface area (Å²) < 4.78 is 28.0. The van der Waals surface area contributed by atoms with Crippen molar-refractivity contribution in [3.63, 3.8) is 0 Å². The number of hydrogen-bond acceptors (Lipinski definition) is 4. The molecule has 0 spiro atoms. The van der Waals surface area contributed by atoms with Crippen molar-refractivity contribution in [2.24, 2.45) is 5.14 Å². The van der Waals surface area contributed by atoms with Gasteiger partial charge in [0.25, 0.3) is 0 Å². The summed E-state index contributed by atoms with van der Waals surface area (Å²) in [7, 11) is -2.09. The van der Waals surface area contributed by atoms with E-state index >= 15 is 0 Å². The van der Waals surface area contributed by atoms with Crippen LogP contribution in [-0.4, -0.2) is 22.1 Å². The summed E-state index contributed by atoms with van der Waals surface area (Å²) in [5.41, 5.74) is 1.73.